The van der Waals surface area contributed by atoms with Crippen molar-refractivity contribution in [1.82, 2.24) is 24.6 Å². The van der Waals surface area contributed by atoms with Gasteiger partial charge in [0.05, 0.1) is 16.9 Å². The SMILES string of the molecule is O=C(c1ccc(Cl)c(-n2ncc3c(=O)[nH]c(Cc4ccccc4OC(F)(F)F)nc32)c1)N1CCCCC1. The Morgan fingerprint density at radius 2 is 1.86 bits per heavy atom. The topological polar surface area (TPSA) is 93.1 Å². The second-order valence-electron chi connectivity index (χ2n) is 8.66. The van der Waals surface area contributed by atoms with Crippen LogP contribution in [0.3, 0.4) is 0 Å². The van der Waals surface area contributed by atoms with Gasteiger partial charge in [0, 0.05) is 30.6 Å². The van der Waals surface area contributed by atoms with Gasteiger partial charge in [-0.05, 0) is 43.5 Å². The molecule has 0 atom stereocenters. The second kappa shape index (κ2) is 9.89. The maximum Gasteiger partial charge on any atom is 0.573 e. The molecule has 0 bridgehead atoms. The summed E-state index contributed by atoms with van der Waals surface area (Å²) in [5.41, 5.74) is 0.591. The average molecular weight is 532 g/mol. The summed E-state index contributed by atoms with van der Waals surface area (Å²) in [7, 11) is 0. The molecule has 1 aliphatic heterocycles. The highest BCUT2D eigenvalue weighted by Gasteiger charge is 2.32. The third kappa shape index (κ3) is 5.31. The number of fused-ring (bicyclic) bond motifs is 1. The maximum atomic E-state index is 13.0. The largest absolute Gasteiger partial charge is 0.573 e. The Kier molecular flexibility index (Phi) is 6.63. The minimum absolute atomic E-state index is 0.106. The molecule has 12 heteroatoms. The number of rotatable bonds is 5. The summed E-state index contributed by atoms with van der Waals surface area (Å²) in [6.07, 6.45) is -0.701. The minimum atomic E-state index is -4.87. The first-order valence-electron chi connectivity index (χ1n) is 11.6. The van der Waals surface area contributed by atoms with Crippen molar-refractivity contribution in [3.63, 3.8) is 0 Å². The highest BCUT2D eigenvalue weighted by atomic mass is 35.5. The van der Waals surface area contributed by atoms with Gasteiger partial charge in [-0.2, -0.15) is 5.10 Å². The first kappa shape index (κ1) is 24.8. The number of amides is 1. The van der Waals surface area contributed by atoms with Crippen molar-refractivity contribution >= 4 is 28.5 Å². The van der Waals surface area contributed by atoms with Gasteiger partial charge in [-0.1, -0.05) is 29.8 Å². The van der Waals surface area contributed by atoms with E-state index in [2.05, 4.69) is 19.8 Å². The predicted octanol–water partition coefficient (Wildman–Crippen LogP) is 4.88. The third-order valence-electron chi connectivity index (χ3n) is 6.11. The minimum Gasteiger partial charge on any atom is -0.405 e. The molecule has 1 fully saturated rings. The molecule has 0 saturated carbocycles. The number of likely N-dealkylation sites (tertiary alicyclic amines) is 1. The van der Waals surface area contributed by atoms with Crippen molar-refractivity contribution in [2.75, 3.05) is 13.1 Å². The van der Waals surface area contributed by atoms with Gasteiger partial charge in [0.25, 0.3) is 11.5 Å². The summed E-state index contributed by atoms with van der Waals surface area (Å²) in [6.45, 7) is 1.36. The van der Waals surface area contributed by atoms with E-state index in [9.17, 15) is 22.8 Å². The van der Waals surface area contributed by atoms with Gasteiger partial charge in [0.2, 0.25) is 0 Å². The number of halogens is 4. The van der Waals surface area contributed by atoms with Crippen molar-refractivity contribution in [2.24, 2.45) is 0 Å². The first-order chi connectivity index (χ1) is 17.7. The Labute approximate surface area is 213 Å². The summed E-state index contributed by atoms with van der Waals surface area (Å²) in [5.74, 6) is -0.408. The first-order valence-corrected chi connectivity index (χ1v) is 12.0. The summed E-state index contributed by atoms with van der Waals surface area (Å²) >= 11 is 6.45. The standard InChI is InChI=1S/C25H21ClF3N5O3/c26-18-9-8-16(24(36)33-10-4-1-5-11-33)12-19(18)34-22-17(14-30-34)23(35)32-21(31-22)13-15-6-2-3-7-20(15)37-25(27,28)29/h2-3,6-9,12,14H,1,4-5,10-11,13H2,(H,31,32,35). The molecule has 0 spiro atoms. The molecule has 8 nitrogen and oxygen atoms in total. The summed E-state index contributed by atoms with van der Waals surface area (Å²) < 4.78 is 44.0. The Bertz CT molecular complexity index is 1530. The van der Waals surface area contributed by atoms with Crippen molar-refractivity contribution < 1.29 is 22.7 Å². The molecular formula is C25H21ClF3N5O3. The van der Waals surface area contributed by atoms with Gasteiger partial charge in [0.1, 0.15) is 17.0 Å². The lowest BCUT2D eigenvalue weighted by Gasteiger charge is -2.27. The monoisotopic (exact) mass is 531 g/mol. The molecule has 0 unspecified atom stereocenters. The summed E-state index contributed by atoms with van der Waals surface area (Å²) in [4.78, 5) is 34.6. The lowest BCUT2D eigenvalue weighted by Crippen LogP contribution is -2.35. The number of nitrogens with one attached hydrogen (secondary N) is 1. The van der Waals surface area contributed by atoms with Gasteiger partial charge in [-0.25, -0.2) is 9.67 Å². The molecule has 0 radical (unpaired) electrons. The zero-order chi connectivity index (χ0) is 26.2. The number of H-pyrrole nitrogens is 1. The van der Waals surface area contributed by atoms with Gasteiger partial charge in [0.15, 0.2) is 5.65 Å². The van der Waals surface area contributed by atoms with Crippen LogP contribution in [0, 0.1) is 0 Å². The van der Waals surface area contributed by atoms with E-state index in [1.54, 1.807) is 29.2 Å². The number of nitrogens with zero attached hydrogens (tertiary/aromatic N) is 4. The molecule has 1 N–H and O–H groups in total. The number of hydrogen-bond donors (Lipinski definition) is 1. The van der Waals surface area contributed by atoms with Crippen LogP contribution in [-0.4, -0.2) is 50.0 Å². The molecule has 1 aliphatic rings. The van der Waals surface area contributed by atoms with Gasteiger partial charge in [-0.15, -0.1) is 13.2 Å². The number of carbonyl (C=O) groups excluding carboxylic acids is 1. The molecule has 4 aromatic rings. The fraction of sp³-hybridized carbons (Fsp3) is 0.280. The number of aromatic amines is 1. The zero-order valence-electron chi connectivity index (χ0n) is 19.4. The van der Waals surface area contributed by atoms with E-state index in [4.69, 9.17) is 11.6 Å². The van der Waals surface area contributed by atoms with Crippen molar-refractivity contribution in [3.05, 3.63) is 81.0 Å². The lowest BCUT2D eigenvalue weighted by atomic mass is 10.1. The van der Waals surface area contributed by atoms with Crippen LogP contribution >= 0.6 is 11.6 Å². The summed E-state index contributed by atoms with van der Waals surface area (Å²) in [5, 5.41) is 4.71. The molecule has 1 amide bonds. The smallest absolute Gasteiger partial charge is 0.405 e. The van der Waals surface area contributed by atoms with Crippen LogP contribution in [0.15, 0.2) is 53.5 Å². The van der Waals surface area contributed by atoms with Crippen molar-refractivity contribution in [3.8, 4) is 11.4 Å². The highest BCUT2D eigenvalue weighted by Crippen LogP contribution is 2.28. The highest BCUT2D eigenvalue weighted by molar-refractivity contribution is 6.32. The van der Waals surface area contributed by atoms with Crippen LogP contribution in [-0.2, 0) is 6.42 Å². The zero-order valence-corrected chi connectivity index (χ0v) is 20.1. The molecule has 1 saturated heterocycles. The van der Waals surface area contributed by atoms with Crippen LogP contribution < -0.4 is 10.3 Å². The lowest BCUT2D eigenvalue weighted by molar-refractivity contribution is -0.274. The maximum absolute atomic E-state index is 13.0. The Balaban J connectivity index is 1.53. The van der Waals surface area contributed by atoms with Crippen molar-refractivity contribution in [2.45, 2.75) is 32.0 Å². The number of alkyl halides is 3. The molecule has 2 aromatic carbocycles. The van der Waals surface area contributed by atoms with Crippen LogP contribution in [0.2, 0.25) is 5.02 Å². The van der Waals surface area contributed by atoms with Crippen LogP contribution in [0.4, 0.5) is 13.2 Å². The van der Waals surface area contributed by atoms with E-state index in [1.165, 1.54) is 29.1 Å². The number of para-hydroxylation sites is 1. The number of carbonyl (C=O) groups is 1. The second-order valence-corrected chi connectivity index (χ2v) is 9.06. The van der Waals surface area contributed by atoms with E-state index < -0.39 is 17.7 Å². The van der Waals surface area contributed by atoms with Gasteiger partial charge < -0.3 is 14.6 Å². The average Bonchev–Trinajstić information content (AvgIpc) is 3.29. The van der Waals surface area contributed by atoms with E-state index in [-0.39, 0.29) is 39.8 Å². The molecule has 37 heavy (non-hydrogen) atoms. The molecule has 0 aliphatic carbocycles. The van der Waals surface area contributed by atoms with Crippen LogP contribution in [0.5, 0.6) is 5.75 Å². The van der Waals surface area contributed by atoms with E-state index in [0.29, 0.717) is 24.3 Å². The Morgan fingerprint density at radius 1 is 1.11 bits per heavy atom. The molecule has 192 valence electrons. The number of piperidine rings is 1. The molecular weight excluding hydrogens is 511 g/mol. The fourth-order valence-corrected chi connectivity index (χ4v) is 4.56. The van der Waals surface area contributed by atoms with Crippen LogP contribution in [0.25, 0.3) is 16.7 Å². The molecule has 2 aromatic heterocycles. The Hall–Kier alpha value is -3.86. The number of hydrogen-bond acceptors (Lipinski definition) is 5. The van der Waals surface area contributed by atoms with E-state index in [1.807, 2.05) is 0 Å². The normalized spacial score (nSPS) is 14.2. The summed E-state index contributed by atoms with van der Waals surface area (Å²) in [6, 6.07) is 10.4. The number of ether oxygens (including phenoxy) is 1. The number of benzene rings is 2. The molecule has 5 rings (SSSR count). The van der Waals surface area contributed by atoms with E-state index >= 15 is 0 Å². The third-order valence-corrected chi connectivity index (χ3v) is 6.43. The fourth-order valence-electron chi connectivity index (χ4n) is 4.37. The van der Waals surface area contributed by atoms with Gasteiger partial charge in [-0.3, -0.25) is 9.59 Å². The van der Waals surface area contributed by atoms with E-state index in [0.717, 1.165) is 19.3 Å². The molecule has 3 heterocycles. The Morgan fingerprint density at radius 3 is 2.62 bits per heavy atom. The van der Waals surface area contributed by atoms with Crippen LogP contribution in [0.1, 0.15) is 41.0 Å². The number of aromatic nitrogens is 4. The van der Waals surface area contributed by atoms with Crippen molar-refractivity contribution in [1.29, 1.82) is 0 Å². The predicted molar refractivity (Wildman–Crippen MR) is 130 cm³/mol. The van der Waals surface area contributed by atoms with Gasteiger partial charge >= 0.3 is 6.36 Å². The quantitative estimate of drug-likeness (QED) is 0.396.